The lowest BCUT2D eigenvalue weighted by atomic mass is 9.99. The van der Waals surface area contributed by atoms with E-state index in [4.69, 9.17) is 11.6 Å². The van der Waals surface area contributed by atoms with Crippen LogP contribution >= 0.6 is 11.6 Å². The van der Waals surface area contributed by atoms with Crippen LogP contribution in [0.1, 0.15) is 56.6 Å². The smallest absolute Gasteiger partial charge is 0.244 e. The lowest BCUT2D eigenvalue weighted by molar-refractivity contribution is -0.132. The van der Waals surface area contributed by atoms with E-state index in [1.165, 1.54) is 17.7 Å². The minimum Gasteiger partial charge on any atom is -0.344 e. The second-order valence-electron chi connectivity index (χ2n) is 9.21. The molecule has 2 fully saturated rings. The number of rotatable bonds is 8. The number of nitrogens with one attached hydrogen (secondary N) is 2. The molecule has 0 bridgehead atoms. The second kappa shape index (κ2) is 10.1. The number of nitrogens with zero attached hydrogens (tertiary/aromatic N) is 1. The third-order valence-electron chi connectivity index (χ3n) is 7.02. The summed E-state index contributed by atoms with van der Waals surface area (Å²) >= 11 is 5.94. The number of carbonyl (C=O) groups is 1. The zero-order valence-electron chi connectivity index (χ0n) is 19.0. The quantitative estimate of drug-likeness (QED) is 0.578. The van der Waals surface area contributed by atoms with Crippen molar-refractivity contribution in [1.82, 2.24) is 15.8 Å². The maximum atomic E-state index is 13.6. The molecule has 1 aliphatic carbocycles. The molecular weight excluding hydrogens is 458 g/mol. The topological polar surface area (TPSA) is 78.5 Å². The number of carbonyl (C=O) groups excluding carboxylic acids is 1. The van der Waals surface area contributed by atoms with E-state index in [1.807, 2.05) is 18.2 Å². The van der Waals surface area contributed by atoms with Gasteiger partial charge in [0.25, 0.3) is 0 Å². The van der Waals surface area contributed by atoms with Gasteiger partial charge in [0.05, 0.1) is 4.90 Å². The van der Waals surface area contributed by atoms with E-state index in [1.54, 1.807) is 24.1 Å². The summed E-state index contributed by atoms with van der Waals surface area (Å²) in [7, 11) is -2.08. The summed E-state index contributed by atoms with van der Waals surface area (Å²) in [5, 5.41) is 0.474. The zero-order valence-corrected chi connectivity index (χ0v) is 20.5. The Morgan fingerprint density at radius 1 is 1.06 bits per heavy atom. The molecule has 1 amide bonds. The van der Waals surface area contributed by atoms with Crippen molar-refractivity contribution in [2.24, 2.45) is 0 Å². The third-order valence-corrected chi connectivity index (χ3v) is 9.77. The first-order valence-corrected chi connectivity index (χ1v) is 13.5. The van der Waals surface area contributed by atoms with Crippen LogP contribution in [-0.4, -0.2) is 43.6 Å². The van der Waals surface area contributed by atoms with Gasteiger partial charge in [-0.1, -0.05) is 54.8 Å². The van der Waals surface area contributed by atoms with Gasteiger partial charge in [0.1, 0.15) is 0 Å². The van der Waals surface area contributed by atoms with Gasteiger partial charge in [-0.15, -0.1) is 0 Å². The van der Waals surface area contributed by atoms with Gasteiger partial charge in [-0.25, -0.2) is 8.42 Å². The van der Waals surface area contributed by atoms with Crippen LogP contribution in [0.25, 0.3) is 0 Å². The standard InChI is InChI=1S/C25H32ClN3O3S/c1-29(17-7-10-21-18-23(28-27-21)19-8-3-2-4-9-19)24(30)25(15-5-6-16-25)33(31,32)22-13-11-20(26)12-14-22/h2-4,8-9,11-14,21,23,27-28H,5-7,10,15-18H2,1H3. The predicted molar refractivity (Wildman–Crippen MR) is 131 cm³/mol. The van der Waals surface area contributed by atoms with Crippen molar-refractivity contribution in [2.75, 3.05) is 13.6 Å². The van der Waals surface area contributed by atoms with Crippen molar-refractivity contribution in [1.29, 1.82) is 0 Å². The van der Waals surface area contributed by atoms with Crippen LogP contribution in [0.4, 0.5) is 0 Å². The summed E-state index contributed by atoms with van der Waals surface area (Å²) in [4.78, 5) is 15.3. The van der Waals surface area contributed by atoms with Gasteiger partial charge >= 0.3 is 0 Å². The number of amides is 1. The van der Waals surface area contributed by atoms with Crippen molar-refractivity contribution in [3.8, 4) is 0 Å². The Kier molecular flexibility index (Phi) is 7.43. The van der Waals surface area contributed by atoms with Crippen molar-refractivity contribution < 1.29 is 13.2 Å². The Bertz CT molecular complexity index is 1050. The fraction of sp³-hybridized carbons (Fsp3) is 0.480. The van der Waals surface area contributed by atoms with Gasteiger partial charge in [0.2, 0.25) is 5.91 Å². The summed E-state index contributed by atoms with van der Waals surface area (Å²) in [5.74, 6) is -0.283. The van der Waals surface area contributed by atoms with Gasteiger partial charge in [0, 0.05) is 30.7 Å². The molecule has 4 rings (SSSR count). The van der Waals surface area contributed by atoms with Crippen LogP contribution in [-0.2, 0) is 14.6 Å². The highest BCUT2D eigenvalue weighted by Crippen LogP contribution is 2.42. The maximum Gasteiger partial charge on any atom is 0.244 e. The molecule has 2 aromatic carbocycles. The normalized spacial score (nSPS) is 22.4. The Hall–Kier alpha value is -1.93. The average Bonchev–Trinajstić information content (AvgIpc) is 3.50. The van der Waals surface area contributed by atoms with Crippen LogP contribution in [0.3, 0.4) is 0 Å². The Morgan fingerprint density at radius 2 is 1.73 bits per heavy atom. The summed E-state index contributed by atoms with van der Waals surface area (Å²) in [6, 6.07) is 17.1. The molecule has 33 heavy (non-hydrogen) atoms. The largest absolute Gasteiger partial charge is 0.344 e. The molecule has 1 aliphatic heterocycles. The van der Waals surface area contributed by atoms with Crippen LogP contribution in [0, 0.1) is 0 Å². The molecule has 2 aliphatic rings. The summed E-state index contributed by atoms with van der Waals surface area (Å²) in [5.41, 5.74) is 7.98. The number of hydrogen-bond acceptors (Lipinski definition) is 5. The van der Waals surface area contributed by atoms with Crippen molar-refractivity contribution in [2.45, 2.75) is 66.7 Å². The molecule has 178 valence electrons. The van der Waals surface area contributed by atoms with Gasteiger partial charge in [-0.3, -0.25) is 15.6 Å². The highest BCUT2D eigenvalue weighted by molar-refractivity contribution is 7.93. The van der Waals surface area contributed by atoms with Crippen molar-refractivity contribution in [3.05, 3.63) is 65.2 Å². The second-order valence-corrected chi connectivity index (χ2v) is 11.9. The zero-order chi connectivity index (χ0) is 23.5. The molecule has 2 aromatic rings. The highest BCUT2D eigenvalue weighted by atomic mass is 35.5. The molecule has 1 heterocycles. The number of halogens is 1. The van der Waals surface area contributed by atoms with Crippen LogP contribution in [0.2, 0.25) is 5.02 Å². The minimum atomic E-state index is -3.81. The lowest BCUT2D eigenvalue weighted by Crippen LogP contribution is -2.51. The van der Waals surface area contributed by atoms with Crippen molar-refractivity contribution in [3.63, 3.8) is 0 Å². The number of sulfone groups is 1. The molecule has 1 saturated carbocycles. The van der Waals surface area contributed by atoms with Gasteiger partial charge in [-0.05, 0) is 61.9 Å². The predicted octanol–water partition coefficient (Wildman–Crippen LogP) is 4.27. The molecule has 2 unspecified atom stereocenters. The van der Waals surface area contributed by atoms with Crippen LogP contribution < -0.4 is 10.9 Å². The molecule has 2 N–H and O–H groups in total. The molecule has 1 saturated heterocycles. The first-order valence-electron chi connectivity index (χ1n) is 11.7. The fourth-order valence-corrected chi connectivity index (χ4v) is 7.41. The number of benzene rings is 2. The van der Waals surface area contributed by atoms with E-state index in [-0.39, 0.29) is 16.8 Å². The SMILES string of the molecule is CN(CCCC1CC(c2ccccc2)NN1)C(=O)C1(S(=O)(=O)c2ccc(Cl)cc2)CCCC1. The number of hydrogen-bond donors (Lipinski definition) is 2. The summed E-state index contributed by atoms with van der Waals surface area (Å²) in [6.07, 6.45) is 4.92. The fourth-order valence-electron chi connectivity index (χ4n) is 5.12. The minimum absolute atomic E-state index is 0.170. The molecular formula is C25H32ClN3O3S. The Morgan fingerprint density at radius 3 is 2.39 bits per heavy atom. The first kappa shape index (κ1) is 24.2. The molecule has 0 aromatic heterocycles. The number of hydrazine groups is 1. The maximum absolute atomic E-state index is 13.6. The van der Waals surface area contributed by atoms with Gasteiger partial charge in [-0.2, -0.15) is 0 Å². The van der Waals surface area contributed by atoms with E-state index in [0.717, 1.165) is 32.1 Å². The molecule has 0 spiro atoms. The molecule has 8 heteroatoms. The van der Waals surface area contributed by atoms with Crippen LogP contribution in [0.15, 0.2) is 59.5 Å². The first-order chi connectivity index (χ1) is 15.8. The Labute approximate surface area is 201 Å². The Balaban J connectivity index is 1.37. The van der Waals surface area contributed by atoms with Crippen LogP contribution in [0.5, 0.6) is 0 Å². The molecule has 0 radical (unpaired) electrons. The lowest BCUT2D eigenvalue weighted by Gasteiger charge is -2.32. The third kappa shape index (κ3) is 4.97. The molecule has 6 nitrogen and oxygen atoms in total. The highest BCUT2D eigenvalue weighted by Gasteiger charge is 2.53. The van der Waals surface area contributed by atoms with E-state index >= 15 is 0 Å². The average molecular weight is 490 g/mol. The summed E-state index contributed by atoms with van der Waals surface area (Å²) < 4.78 is 25.7. The van der Waals surface area contributed by atoms with Crippen molar-refractivity contribution >= 4 is 27.3 Å². The van der Waals surface area contributed by atoms with Gasteiger partial charge < -0.3 is 4.90 Å². The van der Waals surface area contributed by atoms with Gasteiger partial charge in [0.15, 0.2) is 14.6 Å². The summed E-state index contributed by atoms with van der Waals surface area (Å²) in [6.45, 7) is 0.533. The van der Waals surface area contributed by atoms with E-state index < -0.39 is 14.6 Å². The van der Waals surface area contributed by atoms with E-state index in [9.17, 15) is 13.2 Å². The van der Waals surface area contributed by atoms with E-state index in [2.05, 4.69) is 23.0 Å². The molecule has 2 atom stereocenters. The monoisotopic (exact) mass is 489 g/mol. The van der Waals surface area contributed by atoms with E-state index in [0.29, 0.717) is 30.5 Å².